The quantitative estimate of drug-likeness (QED) is 0.500. The Hall–Kier alpha value is -2.55. The Labute approximate surface area is 200 Å². The number of rotatable bonds is 6. The van der Waals surface area contributed by atoms with E-state index in [0.29, 0.717) is 39.5 Å². The molecule has 2 amide bonds. The zero-order chi connectivity index (χ0) is 22.7. The molecule has 0 spiro atoms. The number of hydrogen-bond donors (Lipinski definition) is 1. The first-order valence-corrected chi connectivity index (χ1v) is 11.8. The lowest BCUT2D eigenvalue weighted by molar-refractivity contribution is -0.113. The third-order valence-electron chi connectivity index (χ3n) is 5.16. The smallest absolute Gasteiger partial charge is 0.256 e. The Morgan fingerprint density at radius 3 is 2.66 bits per heavy atom. The van der Waals surface area contributed by atoms with Crippen molar-refractivity contribution in [1.29, 1.82) is 0 Å². The minimum Gasteiger partial charge on any atom is -0.339 e. The predicted molar refractivity (Wildman–Crippen MR) is 127 cm³/mol. The van der Waals surface area contributed by atoms with Gasteiger partial charge >= 0.3 is 0 Å². The fourth-order valence-corrected chi connectivity index (χ4v) is 4.52. The standard InChI is InChI=1S/C22H21Cl2N5O2S/c1-14-4-6-16(11-18(14)24)29-13-25-27-22(29)32-12-20(30)26-19-7-5-15(23)10-17(19)21(31)28-8-2-3-9-28/h4-7,10-11,13H,2-3,8-9,12H2,1H3,(H,26,30). The molecule has 2 aromatic carbocycles. The number of carbonyl (C=O) groups excluding carboxylic acids is 2. The number of nitrogens with one attached hydrogen (secondary N) is 1. The summed E-state index contributed by atoms with van der Waals surface area (Å²) in [4.78, 5) is 27.3. The molecular weight excluding hydrogens is 469 g/mol. The van der Waals surface area contributed by atoms with Crippen LogP contribution < -0.4 is 5.32 Å². The second-order valence-electron chi connectivity index (χ2n) is 7.44. The van der Waals surface area contributed by atoms with Crippen molar-refractivity contribution < 1.29 is 9.59 Å². The van der Waals surface area contributed by atoms with Gasteiger partial charge in [-0.05, 0) is 55.7 Å². The van der Waals surface area contributed by atoms with Crippen LogP contribution in [-0.2, 0) is 4.79 Å². The Bertz CT molecular complexity index is 1160. The molecule has 1 fully saturated rings. The molecule has 0 aliphatic carbocycles. The Morgan fingerprint density at radius 1 is 1.12 bits per heavy atom. The van der Waals surface area contributed by atoms with Gasteiger partial charge in [-0.2, -0.15) is 0 Å². The summed E-state index contributed by atoms with van der Waals surface area (Å²) in [5.74, 6) is -0.286. The maximum absolute atomic E-state index is 12.9. The number of benzene rings is 2. The van der Waals surface area contributed by atoms with Crippen molar-refractivity contribution in [3.63, 3.8) is 0 Å². The van der Waals surface area contributed by atoms with E-state index in [9.17, 15) is 9.59 Å². The first-order valence-electron chi connectivity index (χ1n) is 10.1. The van der Waals surface area contributed by atoms with Crippen LogP contribution in [0.1, 0.15) is 28.8 Å². The van der Waals surface area contributed by atoms with Crippen LogP contribution in [0.2, 0.25) is 10.0 Å². The molecule has 1 aliphatic rings. The second kappa shape index (κ2) is 9.94. The minimum absolute atomic E-state index is 0.0955. The number of anilines is 1. The monoisotopic (exact) mass is 489 g/mol. The maximum Gasteiger partial charge on any atom is 0.256 e. The van der Waals surface area contributed by atoms with Crippen LogP contribution in [-0.4, -0.2) is 50.3 Å². The molecule has 0 atom stereocenters. The topological polar surface area (TPSA) is 80.1 Å². The average molecular weight is 490 g/mol. The van der Waals surface area contributed by atoms with Gasteiger partial charge in [0, 0.05) is 23.1 Å². The predicted octanol–water partition coefficient (Wildman–Crippen LogP) is 4.85. The van der Waals surface area contributed by atoms with Gasteiger partial charge in [0.05, 0.1) is 22.7 Å². The summed E-state index contributed by atoms with van der Waals surface area (Å²) in [5.41, 5.74) is 2.63. The van der Waals surface area contributed by atoms with Gasteiger partial charge in [-0.25, -0.2) is 0 Å². The second-order valence-corrected chi connectivity index (χ2v) is 9.23. The van der Waals surface area contributed by atoms with E-state index >= 15 is 0 Å². The molecule has 0 saturated carbocycles. The van der Waals surface area contributed by atoms with Gasteiger partial charge in [0.2, 0.25) is 5.91 Å². The van der Waals surface area contributed by atoms with Crippen molar-refractivity contribution in [3.8, 4) is 5.69 Å². The third-order valence-corrected chi connectivity index (χ3v) is 6.75. The number of nitrogens with zero attached hydrogens (tertiary/aromatic N) is 4. The van der Waals surface area contributed by atoms with E-state index < -0.39 is 0 Å². The van der Waals surface area contributed by atoms with Crippen molar-refractivity contribution >= 4 is 52.5 Å². The fourth-order valence-electron chi connectivity index (χ4n) is 3.44. The normalized spacial score (nSPS) is 13.4. The summed E-state index contributed by atoms with van der Waals surface area (Å²) >= 11 is 13.6. The summed E-state index contributed by atoms with van der Waals surface area (Å²) in [6, 6.07) is 10.6. The number of aromatic nitrogens is 3. The van der Waals surface area contributed by atoms with Gasteiger partial charge in [0.1, 0.15) is 6.33 Å². The minimum atomic E-state index is -0.260. The molecular formula is C22H21Cl2N5O2S. The van der Waals surface area contributed by atoms with E-state index in [0.717, 1.165) is 24.1 Å². The molecule has 166 valence electrons. The first-order chi connectivity index (χ1) is 15.4. The van der Waals surface area contributed by atoms with Crippen molar-refractivity contribution in [2.75, 3.05) is 24.2 Å². The largest absolute Gasteiger partial charge is 0.339 e. The molecule has 32 heavy (non-hydrogen) atoms. The highest BCUT2D eigenvalue weighted by atomic mass is 35.5. The molecule has 0 bridgehead atoms. The summed E-state index contributed by atoms with van der Waals surface area (Å²) in [6.07, 6.45) is 3.54. The number of likely N-dealkylation sites (tertiary alicyclic amines) is 1. The average Bonchev–Trinajstić information content (AvgIpc) is 3.47. The number of thioether (sulfide) groups is 1. The third kappa shape index (κ3) is 5.09. The molecule has 4 rings (SSSR count). The van der Waals surface area contributed by atoms with Gasteiger partial charge in [-0.15, -0.1) is 10.2 Å². The molecule has 2 heterocycles. The first kappa shape index (κ1) is 22.6. The Morgan fingerprint density at radius 2 is 1.91 bits per heavy atom. The molecule has 1 aliphatic heterocycles. The molecule has 1 N–H and O–H groups in total. The van der Waals surface area contributed by atoms with Crippen molar-refractivity contribution in [2.45, 2.75) is 24.9 Å². The summed E-state index contributed by atoms with van der Waals surface area (Å²) in [5, 5.41) is 12.6. The van der Waals surface area contributed by atoms with E-state index in [4.69, 9.17) is 23.2 Å². The van der Waals surface area contributed by atoms with Crippen molar-refractivity contribution in [3.05, 3.63) is 63.9 Å². The lowest BCUT2D eigenvalue weighted by atomic mass is 10.1. The van der Waals surface area contributed by atoms with E-state index in [1.807, 2.05) is 25.1 Å². The molecule has 0 unspecified atom stereocenters. The molecule has 10 heteroatoms. The molecule has 1 saturated heterocycles. The van der Waals surface area contributed by atoms with E-state index in [2.05, 4.69) is 15.5 Å². The number of aryl methyl sites for hydroxylation is 1. The van der Waals surface area contributed by atoms with Crippen LogP contribution in [0.15, 0.2) is 47.9 Å². The van der Waals surface area contributed by atoms with Gasteiger partial charge < -0.3 is 10.2 Å². The van der Waals surface area contributed by atoms with Gasteiger partial charge in [-0.3, -0.25) is 14.2 Å². The fraction of sp³-hybridized carbons (Fsp3) is 0.273. The highest BCUT2D eigenvalue weighted by Gasteiger charge is 2.23. The molecule has 3 aromatic rings. The van der Waals surface area contributed by atoms with Crippen LogP contribution in [0, 0.1) is 6.92 Å². The number of amides is 2. The van der Waals surface area contributed by atoms with Gasteiger partial charge in [0.25, 0.3) is 5.91 Å². The van der Waals surface area contributed by atoms with Crippen LogP contribution in [0.4, 0.5) is 5.69 Å². The summed E-state index contributed by atoms with van der Waals surface area (Å²) in [7, 11) is 0. The highest BCUT2D eigenvalue weighted by Crippen LogP contribution is 2.26. The molecule has 7 nitrogen and oxygen atoms in total. The number of halogens is 2. The van der Waals surface area contributed by atoms with E-state index in [1.165, 1.54) is 11.8 Å². The summed E-state index contributed by atoms with van der Waals surface area (Å²) < 4.78 is 1.77. The van der Waals surface area contributed by atoms with E-state index in [1.54, 1.807) is 34.0 Å². The van der Waals surface area contributed by atoms with Crippen LogP contribution >= 0.6 is 35.0 Å². The zero-order valence-corrected chi connectivity index (χ0v) is 19.7. The van der Waals surface area contributed by atoms with Gasteiger partial charge in [-0.1, -0.05) is 41.0 Å². The molecule has 1 aromatic heterocycles. The Balaban J connectivity index is 1.45. The van der Waals surface area contributed by atoms with Crippen molar-refractivity contribution in [1.82, 2.24) is 19.7 Å². The lowest BCUT2D eigenvalue weighted by Gasteiger charge is -2.18. The SMILES string of the molecule is Cc1ccc(-n2cnnc2SCC(=O)Nc2ccc(Cl)cc2C(=O)N2CCCC2)cc1Cl. The zero-order valence-electron chi connectivity index (χ0n) is 17.3. The van der Waals surface area contributed by atoms with Crippen LogP contribution in [0.5, 0.6) is 0 Å². The maximum atomic E-state index is 12.9. The Kier molecular flexibility index (Phi) is 7.03. The van der Waals surface area contributed by atoms with Crippen LogP contribution in [0.3, 0.4) is 0 Å². The molecule has 0 radical (unpaired) electrons. The number of hydrogen-bond acceptors (Lipinski definition) is 5. The highest BCUT2D eigenvalue weighted by molar-refractivity contribution is 7.99. The van der Waals surface area contributed by atoms with Crippen LogP contribution in [0.25, 0.3) is 5.69 Å². The lowest BCUT2D eigenvalue weighted by Crippen LogP contribution is -2.29. The van der Waals surface area contributed by atoms with Gasteiger partial charge in [0.15, 0.2) is 5.16 Å². The van der Waals surface area contributed by atoms with E-state index in [-0.39, 0.29) is 17.6 Å². The summed E-state index contributed by atoms with van der Waals surface area (Å²) in [6.45, 7) is 3.36. The number of carbonyl (C=O) groups is 2. The van der Waals surface area contributed by atoms with Crippen molar-refractivity contribution in [2.24, 2.45) is 0 Å².